The quantitative estimate of drug-likeness (QED) is 0.513. The van der Waals surface area contributed by atoms with Crippen molar-refractivity contribution in [1.82, 2.24) is 4.90 Å². The number of carboxylic acids is 2. The molecule has 0 spiro atoms. The highest BCUT2D eigenvalue weighted by atomic mass is 35.5. The summed E-state index contributed by atoms with van der Waals surface area (Å²) >= 11 is 8.14. The van der Waals surface area contributed by atoms with Gasteiger partial charge in [0, 0.05) is 34.4 Å². The average molecular weight is 448 g/mol. The van der Waals surface area contributed by atoms with Crippen molar-refractivity contribution in [2.75, 3.05) is 26.2 Å². The number of hydrogen-bond donors (Lipinski definition) is 3. The number of benzene rings is 2. The molecule has 2 aliphatic rings. The Hall–Kier alpha value is -2.32. The van der Waals surface area contributed by atoms with Crippen molar-refractivity contribution >= 4 is 40.9 Å². The second-order valence-corrected chi connectivity index (χ2v) is 8.41. The number of likely N-dealkylation sites (tertiary alicyclic amines) is 1. The van der Waals surface area contributed by atoms with Gasteiger partial charge in [0.1, 0.15) is 0 Å². The number of aliphatic carboxylic acids is 2. The van der Waals surface area contributed by atoms with Crippen LogP contribution in [0.4, 0.5) is 0 Å². The summed E-state index contributed by atoms with van der Waals surface area (Å²) in [5.74, 6) is -3.65. The molecule has 2 aromatic carbocycles. The number of halogens is 1. The molecule has 2 aliphatic heterocycles. The van der Waals surface area contributed by atoms with Crippen molar-refractivity contribution in [3.63, 3.8) is 0 Å². The molecule has 0 aromatic heterocycles. The molecule has 2 aromatic rings. The molecule has 1 saturated heterocycles. The van der Waals surface area contributed by atoms with Crippen molar-refractivity contribution in [3.8, 4) is 0 Å². The second kappa shape index (κ2) is 10.1. The number of aliphatic hydroxyl groups is 1. The Morgan fingerprint density at radius 3 is 2.23 bits per heavy atom. The van der Waals surface area contributed by atoms with Crippen molar-refractivity contribution in [1.29, 1.82) is 0 Å². The number of rotatable bonds is 2. The number of carboxylic acid groups (broad SMARTS) is 2. The molecule has 8 heteroatoms. The summed E-state index contributed by atoms with van der Waals surface area (Å²) in [7, 11) is 0. The highest BCUT2D eigenvalue weighted by Gasteiger charge is 2.25. The van der Waals surface area contributed by atoms with E-state index in [2.05, 4.69) is 41.3 Å². The van der Waals surface area contributed by atoms with Gasteiger partial charge in [0.05, 0.1) is 6.61 Å². The molecule has 30 heavy (non-hydrogen) atoms. The smallest absolute Gasteiger partial charge is 0.414 e. The molecular weight excluding hydrogens is 426 g/mol. The van der Waals surface area contributed by atoms with E-state index in [1.165, 1.54) is 32.1 Å². The molecule has 0 saturated carbocycles. The number of carbonyl (C=O) groups is 2. The maximum atomic E-state index is 9.15. The first kappa shape index (κ1) is 22.4. The Morgan fingerprint density at radius 2 is 1.60 bits per heavy atom. The molecule has 0 atom stereocenters. The monoisotopic (exact) mass is 447 g/mol. The predicted molar refractivity (Wildman–Crippen MR) is 116 cm³/mol. The number of piperidine rings is 1. The van der Waals surface area contributed by atoms with Gasteiger partial charge in [-0.05, 0) is 53.8 Å². The lowest BCUT2D eigenvalue weighted by molar-refractivity contribution is -0.159. The lowest BCUT2D eigenvalue weighted by Gasteiger charge is -2.31. The van der Waals surface area contributed by atoms with Gasteiger partial charge >= 0.3 is 11.9 Å². The van der Waals surface area contributed by atoms with Crippen LogP contribution in [0.25, 0.3) is 5.57 Å². The van der Waals surface area contributed by atoms with E-state index in [1.54, 1.807) is 0 Å². The first-order valence-electron chi connectivity index (χ1n) is 9.49. The normalized spacial score (nSPS) is 15.5. The average Bonchev–Trinajstić information content (AvgIpc) is 2.73. The van der Waals surface area contributed by atoms with Crippen LogP contribution in [0.1, 0.15) is 24.0 Å². The van der Waals surface area contributed by atoms with Crippen molar-refractivity contribution in [2.24, 2.45) is 0 Å². The fourth-order valence-corrected chi connectivity index (χ4v) is 4.87. The zero-order valence-electron chi connectivity index (χ0n) is 16.2. The third-order valence-electron chi connectivity index (χ3n) is 5.00. The minimum absolute atomic E-state index is 0.240. The fourth-order valence-electron chi connectivity index (χ4n) is 3.63. The van der Waals surface area contributed by atoms with Crippen LogP contribution in [0.3, 0.4) is 0 Å². The molecule has 4 rings (SSSR count). The van der Waals surface area contributed by atoms with Gasteiger partial charge in [-0.2, -0.15) is 0 Å². The van der Waals surface area contributed by atoms with Crippen LogP contribution in [-0.4, -0.2) is 58.4 Å². The number of aliphatic hydroxyl groups excluding tert-OH is 1. The minimum atomic E-state index is -1.82. The van der Waals surface area contributed by atoms with Crippen molar-refractivity contribution in [2.45, 2.75) is 22.6 Å². The molecule has 1 fully saturated rings. The van der Waals surface area contributed by atoms with E-state index in [-0.39, 0.29) is 6.61 Å². The Bertz CT molecular complexity index is 969. The van der Waals surface area contributed by atoms with Crippen LogP contribution in [0.15, 0.2) is 57.8 Å². The van der Waals surface area contributed by atoms with Gasteiger partial charge in [-0.25, -0.2) is 9.59 Å². The van der Waals surface area contributed by atoms with E-state index in [0.29, 0.717) is 0 Å². The van der Waals surface area contributed by atoms with Crippen LogP contribution < -0.4 is 0 Å². The van der Waals surface area contributed by atoms with E-state index in [4.69, 9.17) is 36.5 Å². The lowest BCUT2D eigenvalue weighted by atomic mass is 9.88. The van der Waals surface area contributed by atoms with Crippen LogP contribution in [-0.2, 0) is 9.59 Å². The highest BCUT2D eigenvalue weighted by Crippen LogP contribution is 2.48. The highest BCUT2D eigenvalue weighted by molar-refractivity contribution is 7.99. The summed E-state index contributed by atoms with van der Waals surface area (Å²) in [5.41, 5.74) is 5.51. The molecule has 0 amide bonds. The molecule has 0 bridgehead atoms. The third-order valence-corrected chi connectivity index (χ3v) is 6.39. The number of nitrogens with zero attached hydrogens (tertiary/aromatic N) is 1. The Kier molecular flexibility index (Phi) is 7.55. The standard InChI is InChI=1S/C20H20ClNOS.C2H2O4/c21-15-5-6-19-17(13-15)20(16-3-1-2-4-18(16)24-19)14-7-9-22(10-8-14)11-12-23;3-1(4)2(5)6/h1-6,13,23H,7-12H2;(H,3,4)(H,5,6). The van der Waals surface area contributed by atoms with Crippen molar-refractivity contribution < 1.29 is 24.9 Å². The van der Waals surface area contributed by atoms with E-state index in [9.17, 15) is 0 Å². The van der Waals surface area contributed by atoms with Crippen LogP contribution >= 0.6 is 23.4 Å². The fraction of sp³-hybridized carbons (Fsp3) is 0.273. The maximum Gasteiger partial charge on any atom is 0.414 e. The van der Waals surface area contributed by atoms with Gasteiger partial charge in [-0.3, -0.25) is 0 Å². The Balaban J connectivity index is 0.000000377. The van der Waals surface area contributed by atoms with Crippen LogP contribution in [0, 0.1) is 0 Å². The van der Waals surface area contributed by atoms with Gasteiger partial charge in [0.2, 0.25) is 0 Å². The summed E-state index contributed by atoms with van der Waals surface area (Å²) in [5, 5.41) is 24.7. The van der Waals surface area contributed by atoms with Crippen molar-refractivity contribution in [3.05, 3.63) is 64.2 Å². The largest absolute Gasteiger partial charge is 0.473 e. The molecular formula is C22H22ClNO5S. The molecule has 158 valence electrons. The number of fused-ring (bicyclic) bond motifs is 2. The zero-order chi connectivity index (χ0) is 21.7. The van der Waals surface area contributed by atoms with E-state index < -0.39 is 11.9 Å². The zero-order valence-corrected chi connectivity index (χ0v) is 17.7. The molecule has 0 radical (unpaired) electrons. The first-order valence-corrected chi connectivity index (χ1v) is 10.7. The van der Waals surface area contributed by atoms with Gasteiger partial charge in [-0.1, -0.05) is 47.1 Å². The number of hydrogen-bond acceptors (Lipinski definition) is 5. The summed E-state index contributed by atoms with van der Waals surface area (Å²) in [6.45, 7) is 3.05. The molecule has 6 nitrogen and oxygen atoms in total. The first-order chi connectivity index (χ1) is 14.4. The summed E-state index contributed by atoms with van der Waals surface area (Å²) in [6.07, 6.45) is 2.11. The lowest BCUT2D eigenvalue weighted by Crippen LogP contribution is -2.33. The topological polar surface area (TPSA) is 98.1 Å². The van der Waals surface area contributed by atoms with E-state index in [1.807, 2.05) is 17.8 Å². The molecule has 0 aliphatic carbocycles. The Labute approximate surface area is 183 Å². The maximum absolute atomic E-state index is 9.15. The van der Waals surface area contributed by atoms with E-state index in [0.717, 1.165) is 37.5 Å². The second-order valence-electron chi connectivity index (χ2n) is 6.89. The SMILES string of the molecule is O=C(O)C(=O)O.OCCN1CCC(=C2c3ccccc3Sc3ccc(Cl)cc32)CC1. The van der Waals surface area contributed by atoms with Crippen LogP contribution in [0.2, 0.25) is 5.02 Å². The third kappa shape index (κ3) is 5.23. The summed E-state index contributed by atoms with van der Waals surface area (Å²) in [6, 6.07) is 14.9. The molecule has 2 heterocycles. The van der Waals surface area contributed by atoms with Gasteiger partial charge < -0.3 is 20.2 Å². The van der Waals surface area contributed by atoms with Crippen LogP contribution in [0.5, 0.6) is 0 Å². The van der Waals surface area contributed by atoms with Gasteiger partial charge in [0.25, 0.3) is 0 Å². The van der Waals surface area contributed by atoms with Gasteiger partial charge in [-0.15, -0.1) is 0 Å². The molecule has 3 N–H and O–H groups in total. The van der Waals surface area contributed by atoms with E-state index >= 15 is 0 Å². The minimum Gasteiger partial charge on any atom is -0.473 e. The predicted octanol–water partition coefficient (Wildman–Crippen LogP) is 3.85. The molecule has 0 unspecified atom stereocenters. The van der Waals surface area contributed by atoms with Gasteiger partial charge in [0.15, 0.2) is 0 Å². The Morgan fingerprint density at radius 1 is 0.967 bits per heavy atom. The number of β-amino-alcohol motifs (C(OH)–C–C–N with tert-alkyl or cyclic N) is 1. The summed E-state index contributed by atoms with van der Waals surface area (Å²) < 4.78 is 0. The summed E-state index contributed by atoms with van der Waals surface area (Å²) in [4.78, 5) is 23.2.